The minimum Gasteiger partial charge on any atom is -0.393 e. The van der Waals surface area contributed by atoms with Gasteiger partial charge < -0.3 is 15.1 Å². The van der Waals surface area contributed by atoms with Crippen LogP contribution in [0, 0.1) is 12.8 Å². The number of nitrogens with zero attached hydrogens (tertiary/aromatic N) is 3. The second-order valence-electron chi connectivity index (χ2n) is 5.04. The lowest BCUT2D eigenvalue weighted by Crippen LogP contribution is -2.38. The summed E-state index contributed by atoms with van der Waals surface area (Å²) in [6.45, 7) is 2.84. The van der Waals surface area contributed by atoms with Crippen LogP contribution < -0.4 is 4.90 Å². The Kier molecular flexibility index (Phi) is 3.40. The maximum Gasteiger partial charge on any atom is 0.132 e. The summed E-state index contributed by atoms with van der Waals surface area (Å²) in [7, 11) is 3.91. The van der Waals surface area contributed by atoms with Crippen molar-refractivity contribution < 1.29 is 10.2 Å². The molecule has 2 rings (SSSR count). The zero-order valence-electron chi connectivity index (χ0n) is 10.7. The molecule has 1 fully saturated rings. The minimum absolute atomic E-state index is 0.0205. The van der Waals surface area contributed by atoms with Gasteiger partial charge in [0.2, 0.25) is 0 Å². The molecule has 0 bridgehead atoms. The van der Waals surface area contributed by atoms with Crippen molar-refractivity contribution in [3.8, 4) is 0 Å². The van der Waals surface area contributed by atoms with Crippen LogP contribution in [0.3, 0.4) is 0 Å². The van der Waals surface area contributed by atoms with Crippen LogP contribution in [0.5, 0.6) is 0 Å². The number of hydrogen-bond donors (Lipinski definition) is 2. The Balaban J connectivity index is 2.10. The van der Waals surface area contributed by atoms with Crippen LogP contribution in [0.15, 0.2) is 0 Å². The van der Waals surface area contributed by atoms with E-state index in [4.69, 9.17) is 0 Å². The molecular formula is C12H21N3O2. The molecule has 0 amide bonds. The molecule has 5 heteroatoms. The van der Waals surface area contributed by atoms with E-state index in [2.05, 4.69) is 10.00 Å². The van der Waals surface area contributed by atoms with Gasteiger partial charge in [-0.1, -0.05) is 0 Å². The fourth-order valence-corrected chi connectivity index (χ4v) is 2.68. The molecule has 0 spiro atoms. The molecule has 1 aromatic heterocycles. The molecule has 0 radical (unpaired) electrons. The third kappa shape index (κ3) is 2.30. The standard InChI is InChI=1S/C12H21N3O2/c1-8-11(7-16)12(15(3)13-8)14(2)6-9-4-10(17)5-9/h9-10,16-17H,4-7H2,1-3H3. The Morgan fingerprint density at radius 3 is 2.65 bits per heavy atom. The van der Waals surface area contributed by atoms with Gasteiger partial charge in [0.05, 0.1) is 18.4 Å². The number of rotatable bonds is 4. The number of aromatic nitrogens is 2. The Morgan fingerprint density at radius 2 is 2.12 bits per heavy atom. The summed E-state index contributed by atoms with van der Waals surface area (Å²) in [5.74, 6) is 1.53. The summed E-state index contributed by atoms with van der Waals surface area (Å²) >= 11 is 0. The van der Waals surface area contributed by atoms with Gasteiger partial charge >= 0.3 is 0 Å². The topological polar surface area (TPSA) is 61.5 Å². The van der Waals surface area contributed by atoms with Gasteiger partial charge in [-0.15, -0.1) is 0 Å². The highest BCUT2D eigenvalue weighted by atomic mass is 16.3. The largest absolute Gasteiger partial charge is 0.393 e. The van der Waals surface area contributed by atoms with E-state index in [1.165, 1.54) is 0 Å². The average Bonchev–Trinajstić information content (AvgIpc) is 2.50. The van der Waals surface area contributed by atoms with Crippen molar-refractivity contribution in [1.29, 1.82) is 0 Å². The molecule has 96 valence electrons. The quantitative estimate of drug-likeness (QED) is 0.800. The summed E-state index contributed by atoms with van der Waals surface area (Å²) in [4.78, 5) is 2.13. The molecule has 2 N–H and O–H groups in total. The maximum absolute atomic E-state index is 9.39. The monoisotopic (exact) mass is 239 g/mol. The van der Waals surface area contributed by atoms with Gasteiger partial charge in [-0.2, -0.15) is 5.10 Å². The molecule has 0 aliphatic heterocycles. The molecular weight excluding hydrogens is 218 g/mol. The lowest BCUT2D eigenvalue weighted by Gasteiger charge is -2.35. The number of aliphatic hydroxyl groups excluding tert-OH is 2. The SMILES string of the molecule is Cc1nn(C)c(N(C)CC2CC(O)C2)c1CO. The van der Waals surface area contributed by atoms with Crippen molar-refractivity contribution in [1.82, 2.24) is 9.78 Å². The van der Waals surface area contributed by atoms with E-state index in [-0.39, 0.29) is 12.7 Å². The number of aryl methyl sites for hydroxylation is 2. The molecule has 1 saturated carbocycles. The highest BCUT2D eigenvalue weighted by Gasteiger charge is 2.29. The van der Waals surface area contributed by atoms with Gasteiger partial charge in [-0.25, -0.2) is 0 Å². The van der Waals surface area contributed by atoms with Crippen molar-refractivity contribution in [3.63, 3.8) is 0 Å². The molecule has 0 saturated heterocycles. The van der Waals surface area contributed by atoms with Crippen LogP contribution in [-0.2, 0) is 13.7 Å². The van der Waals surface area contributed by atoms with Crippen molar-refractivity contribution >= 4 is 5.82 Å². The molecule has 5 nitrogen and oxygen atoms in total. The molecule has 17 heavy (non-hydrogen) atoms. The number of anilines is 1. The second-order valence-corrected chi connectivity index (χ2v) is 5.04. The fourth-order valence-electron chi connectivity index (χ4n) is 2.68. The van der Waals surface area contributed by atoms with Crippen molar-refractivity contribution in [3.05, 3.63) is 11.3 Å². The van der Waals surface area contributed by atoms with E-state index in [9.17, 15) is 10.2 Å². The zero-order chi connectivity index (χ0) is 12.6. The van der Waals surface area contributed by atoms with Gasteiger partial charge in [0.1, 0.15) is 5.82 Å². The van der Waals surface area contributed by atoms with E-state index >= 15 is 0 Å². The first kappa shape index (κ1) is 12.4. The van der Waals surface area contributed by atoms with E-state index in [1.807, 2.05) is 25.7 Å². The van der Waals surface area contributed by atoms with E-state index < -0.39 is 0 Å². The average molecular weight is 239 g/mol. The Morgan fingerprint density at radius 1 is 1.47 bits per heavy atom. The van der Waals surface area contributed by atoms with E-state index in [0.717, 1.165) is 36.5 Å². The van der Waals surface area contributed by atoms with Gasteiger partial charge in [-0.3, -0.25) is 4.68 Å². The van der Waals surface area contributed by atoms with Gasteiger partial charge in [0.15, 0.2) is 0 Å². The van der Waals surface area contributed by atoms with Crippen LogP contribution in [-0.4, -0.2) is 39.7 Å². The molecule has 1 aliphatic carbocycles. The third-order valence-electron chi connectivity index (χ3n) is 3.58. The summed E-state index contributed by atoms with van der Waals surface area (Å²) < 4.78 is 1.82. The summed E-state index contributed by atoms with van der Waals surface area (Å²) in [6, 6.07) is 0. The first-order chi connectivity index (χ1) is 8.02. The Labute approximate surface area is 102 Å². The van der Waals surface area contributed by atoms with Crippen LogP contribution >= 0.6 is 0 Å². The minimum atomic E-state index is -0.112. The highest BCUT2D eigenvalue weighted by molar-refractivity contribution is 5.49. The van der Waals surface area contributed by atoms with Gasteiger partial charge in [0, 0.05) is 26.2 Å². The van der Waals surface area contributed by atoms with Crippen molar-refractivity contribution in [2.75, 3.05) is 18.5 Å². The summed E-state index contributed by atoms with van der Waals surface area (Å²) in [5.41, 5.74) is 1.78. The van der Waals surface area contributed by atoms with E-state index in [1.54, 1.807) is 0 Å². The smallest absolute Gasteiger partial charge is 0.132 e. The van der Waals surface area contributed by atoms with Crippen molar-refractivity contribution in [2.45, 2.75) is 32.5 Å². The molecule has 1 aromatic rings. The van der Waals surface area contributed by atoms with Crippen LogP contribution in [0.4, 0.5) is 5.82 Å². The first-order valence-corrected chi connectivity index (χ1v) is 6.05. The van der Waals surface area contributed by atoms with Crippen LogP contribution in [0.1, 0.15) is 24.1 Å². The highest BCUT2D eigenvalue weighted by Crippen LogP contribution is 2.30. The Bertz CT molecular complexity index is 397. The number of hydrogen-bond acceptors (Lipinski definition) is 4. The van der Waals surface area contributed by atoms with Crippen LogP contribution in [0.25, 0.3) is 0 Å². The summed E-state index contributed by atoms with van der Waals surface area (Å²) in [6.07, 6.45) is 1.66. The molecule has 1 aliphatic rings. The van der Waals surface area contributed by atoms with Gasteiger partial charge in [-0.05, 0) is 25.7 Å². The number of aliphatic hydroxyl groups is 2. The molecule has 1 heterocycles. The maximum atomic E-state index is 9.39. The predicted octanol–water partition coefficient (Wildman–Crippen LogP) is 0.428. The second kappa shape index (κ2) is 4.66. The first-order valence-electron chi connectivity index (χ1n) is 6.05. The lowest BCUT2D eigenvalue weighted by molar-refractivity contribution is 0.0463. The van der Waals surface area contributed by atoms with Crippen LogP contribution in [0.2, 0.25) is 0 Å². The van der Waals surface area contributed by atoms with E-state index in [0.29, 0.717) is 5.92 Å². The van der Waals surface area contributed by atoms with Gasteiger partial charge in [0.25, 0.3) is 0 Å². The lowest BCUT2D eigenvalue weighted by atomic mass is 9.82. The predicted molar refractivity (Wildman–Crippen MR) is 65.9 cm³/mol. The summed E-state index contributed by atoms with van der Waals surface area (Å²) in [5, 5.41) is 23.0. The molecule has 0 atom stereocenters. The molecule has 0 unspecified atom stereocenters. The zero-order valence-corrected chi connectivity index (χ0v) is 10.7. The fraction of sp³-hybridized carbons (Fsp3) is 0.750. The Hall–Kier alpha value is -1.07. The third-order valence-corrected chi connectivity index (χ3v) is 3.58. The van der Waals surface area contributed by atoms with Crippen molar-refractivity contribution in [2.24, 2.45) is 13.0 Å². The molecule has 0 aromatic carbocycles. The normalized spacial score (nSPS) is 23.6.